The molecule has 0 bridgehead atoms. The van der Waals surface area contributed by atoms with E-state index in [1.807, 2.05) is 35.0 Å². The van der Waals surface area contributed by atoms with E-state index < -0.39 is 30.5 Å². The van der Waals surface area contributed by atoms with Gasteiger partial charge in [0.25, 0.3) is 0 Å². The molecule has 6 N–H and O–H groups in total. The van der Waals surface area contributed by atoms with Crippen LogP contribution in [0, 0.1) is 5.92 Å². The van der Waals surface area contributed by atoms with Crippen LogP contribution in [0.25, 0.3) is 0 Å². The van der Waals surface area contributed by atoms with Crippen LogP contribution in [0.2, 0.25) is 5.28 Å². The minimum atomic E-state index is -1.17. The van der Waals surface area contributed by atoms with Gasteiger partial charge in [-0.2, -0.15) is 0 Å². The van der Waals surface area contributed by atoms with Gasteiger partial charge in [0, 0.05) is 25.5 Å². The number of amides is 3. The monoisotopic (exact) mass is 630 g/mol. The Bertz CT molecular complexity index is 1150. The molecule has 0 radical (unpaired) electrons. The van der Waals surface area contributed by atoms with E-state index in [0.717, 1.165) is 44.2 Å². The minimum Gasteiger partial charge on any atom is -0.394 e. The van der Waals surface area contributed by atoms with Crippen molar-refractivity contribution in [3.63, 3.8) is 0 Å². The molecule has 0 aliphatic heterocycles. The van der Waals surface area contributed by atoms with Crippen molar-refractivity contribution < 1.29 is 19.5 Å². The van der Waals surface area contributed by atoms with E-state index in [1.165, 1.54) is 37.7 Å². The summed E-state index contributed by atoms with van der Waals surface area (Å²) in [6.07, 6.45) is 15.4. The Labute approximate surface area is 266 Å². The molecule has 10 nitrogen and oxygen atoms in total. The van der Waals surface area contributed by atoms with Gasteiger partial charge in [-0.3, -0.25) is 14.4 Å². The van der Waals surface area contributed by atoms with Gasteiger partial charge in [-0.25, -0.2) is 4.98 Å². The molecule has 11 heteroatoms. The Hall–Kier alpha value is -2.95. The van der Waals surface area contributed by atoms with Crippen molar-refractivity contribution in [3.8, 4) is 0 Å². The van der Waals surface area contributed by atoms with Crippen molar-refractivity contribution in [2.75, 3.05) is 19.7 Å². The molecule has 1 saturated carbocycles. The predicted octanol–water partition coefficient (Wildman–Crippen LogP) is 3.84. The zero-order chi connectivity index (χ0) is 31.7. The van der Waals surface area contributed by atoms with Gasteiger partial charge in [-0.15, -0.1) is 0 Å². The van der Waals surface area contributed by atoms with Crippen LogP contribution in [0.4, 0.5) is 0 Å². The fraction of sp³-hybridized carbons (Fsp3) is 0.636. The molecule has 44 heavy (non-hydrogen) atoms. The van der Waals surface area contributed by atoms with E-state index in [-0.39, 0.29) is 11.8 Å². The predicted molar refractivity (Wildman–Crippen MR) is 173 cm³/mol. The maximum absolute atomic E-state index is 13.1. The first-order chi connectivity index (χ1) is 21.3. The number of nitrogens with two attached hydrogens (primary N) is 1. The Balaban J connectivity index is 1.47. The van der Waals surface area contributed by atoms with E-state index in [9.17, 15) is 19.5 Å². The van der Waals surface area contributed by atoms with Crippen LogP contribution in [0.5, 0.6) is 0 Å². The second-order valence-electron chi connectivity index (χ2n) is 12.0. The summed E-state index contributed by atoms with van der Waals surface area (Å²) in [6.45, 7) is 3.07. The van der Waals surface area contributed by atoms with E-state index >= 15 is 0 Å². The van der Waals surface area contributed by atoms with Crippen molar-refractivity contribution in [3.05, 3.63) is 53.1 Å². The van der Waals surface area contributed by atoms with Crippen molar-refractivity contribution in [2.24, 2.45) is 11.7 Å². The summed E-state index contributed by atoms with van der Waals surface area (Å²) in [5.41, 5.74) is 7.62. The largest absolute Gasteiger partial charge is 0.394 e. The van der Waals surface area contributed by atoms with Crippen LogP contribution in [0.1, 0.15) is 94.6 Å². The van der Waals surface area contributed by atoms with Gasteiger partial charge in [-0.05, 0) is 87.1 Å². The van der Waals surface area contributed by atoms with Gasteiger partial charge in [0.2, 0.25) is 23.0 Å². The molecule has 1 fully saturated rings. The standard InChI is InChI=1S/C33H51ClN6O4/c1-24(27-15-13-26(14-16-27)11-6-8-21-40-22-20-37-33(40)34)30(42)39-29(23-41)32(44)38-28(12-5-7-18-35)31(43)36-19-17-25-9-3-2-4-10-25/h13-16,20,22,24-25,28-29,41H,2-12,17-19,21,23,35H2,1H3,(H,36,43)(H,38,44)(H,39,42)/t24-,28-,29-/m0/s1. The van der Waals surface area contributed by atoms with Crippen molar-refractivity contribution >= 4 is 29.3 Å². The van der Waals surface area contributed by atoms with Crippen molar-refractivity contribution in [2.45, 2.75) is 109 Å². The average molecular weight is 631 g/mol. The number of aliphatic hydroxyl groups is 1. The Morgan fingerprint density at radius 1 is 1.00 bits per heavy atom. The fourth-order valence-corrected chi connectivity index (χ4v) is 5.93. The van der Waals surface area contributed by atoms with Crippen LogP contribution in [0.3, 0.4) is 0 Å². The fourth-order valence-electron chi connectivity index (χ4n) is 5.74. The molecule has 1 heterocycles. The molecule has 3 amide bonds. The number of halogens is 1. The van der Waals surface area contributed by atoms with E-state index in [2.05, 4.69) is 20.9 Å². The van der Waals surface area contributed by atoms with Gasteiger partial charge >= 0.3 is 0 Å². The zero-order valence-corrected chi connectivity index (χ0v) is 26.9. The lowest BCUT2D eigenvalue weighted by Crippen LogP contribution is -2.55. The second kappa shape index (κ2) is 19.4. The summed E-state index contributed by atoms with van der Waals surface area (Å²) in [6, 6.07) is 5.95. The first-order valence-electron chi connectivity index (χ1n) is 16.3. The summed E-state index contributed by atoms with van der Waals surface area (Å²) < 4.78 is 1.92. The number of aryl methyl sites for hydroxylation is 2. The summed E-state index contributed by atoms with van der Waals surface area (Å²) in [4.78, 5) is 43.2. The highest BCUT2D eigenvalue weighted by atomic mass is 35.5. The number of unbranched alkanes of at least 4 members (excludes halogenated alkanes) is 2. The Morgan fingerprint density at radius 3 is 2.39 bits per heavy atom. The third-order valence-corrected chi connectivity index (χ3v) is 8.94. The molecule has 1 aromatic carbocycles. The number of nitrogens with zero attached hydrogens (tertiary/aromatic N) is 2. The number of carbonyl (C=O) groups excluding carboxylic acids is 3. The lowest BCUT2D eigenvalue weighted by Gasteiger charge is -2.24. The lowest BCUT2D eigenvalue weighted by molar-refractivity contribution is -0.133. The first kappa shape index (κ1) is 35.5. The molecule has 1 aliphatic carbocycles. The maximum atomic E-state index is 13.1. The summed E-state index contributed by atoms with van der Waals surface area (Å²) in [7, 11) is 0. The van der Waals surface area contributed by atoms with Gasteiger partial charge in [0.05, 0.1) is 12.5 Å². The molecular weight excluding hydrogens is 580 g/mol. The minimum absolute atomic E-state index is 0.242. The molecule has 3 atom stereocenters. The highest BCUT2D eigenvalue weighted by Crippen LogP contribution is 2.25. The number of carbonyl (C=O) groups is 3. The summed E-state index contributed by atoms with van der Waals surface area (Å²) in [5.74, 6) is -1.09. The molecule has 0 saturated heterocycles. The van der Waals surface area contributed by atoms with Crippen molar-refractivity contribution in [1.29, 1.82) is 0 Å². The summed E-state index contributed by atoms with van der Waals surface area (Å²) >= 11 is 6.03. The smallest absolute Gasteiger partial charge is 0.245 e. The van der Waals surface area contributed by atoms with Crippen LogP contribution >= 0.6 is 11.6 Å². The van der Waals surface area contributed by atoms with Gasteiger partial charge < -0.3 is 31.4 Å². The summed E-state index contributed by atoms with van der Waals surface area (Å²) in [5, 5.41) is 18.9. The number of aromatic nitrogens is 2. The maximum Gasteiger partial charge on any atom is 0.245 e. The van der Waals surface area contributed by atoms with Crippen LogP contribution in [-0.2, 0) is 27.3 Å². The van der Waals surface area contributed by atoms with Crippen LogP contribution < -0.4 is 21.7 Å². The molecule has 2 aromatic rings. The number of aliphatic hydroxyl groups excluding tert-OH is 1. The molecule has 0 unspecified atom stereocenters. The van der Waals surface area contributed by atoms with Gasteiger partial charge in [0.15, 0.2) is 0 Å². The van der Waals surface area contributed by atoms with Crippen molar-refractivity contribution in [1.82, 2.24) is 25.5 Å². The van der Waals surface area contributed by atoms with E-state index in [1.54, 1.807) is 13.1 Å². The molecule has 0 spiro atoms. The quantitative estimate of drug-likeness (QED) is 0.149. The molecule has 1 aliphatic rings. The van der Waals surface area contributed by atoms with Gasteiger partial charge in [0.1, 0.15) is 12.1 Å². The number of hydrogen-bond donors (Lipinski definition) is 5. The van der Waals surface area contributed by atoms with Crippen LogP contribution in [0.15, 0.2) is 36.7 Å². The molecular formula is C33H51ClN6O4. The third-order valence-electron chi connectivity index (χ3n) is 8.62. The number of hydrogen-bond acceptors (Lipinski definition) is 6. The normalized spacial score (nSPS) is 15.7. The SMILES string of the molecule is C[C@H](C(=O)N[C@@H](CO)C(=O)N[C@@H](CCCCN)C(=O)NCCC1CCCCC1)c1ccc(CCCCn2ccnc2Cl)cc1. The molecule has 1 aromatic heterocycles. The molecule has 3 rings (SSSR count). The topological polar surface area (TPSA) is 151 Å². The average Bonchev–Trinajstić information content (AvgIpc) is 3.45. The second-order valence-corrected chi connectivity index (χ2v) is 12.3. The lowest BCUT2D eigenvalue weighted by atomic mass is 9.87. The zero-order valence-electron chi connectivity index (χ0n) is 26.1. The Morgan fingerprint density at radius 2 is 1.73 bits per heavy atom. The number of benzene rings is 1. The van der Waals surface area contributed by atoms with Crippen LogP contribution in [-0.4, -0.2) is 64.2 Å². The van der Waals surface area contributed by atoms with Gasteiger partial charge in [-0.1, -0.05) is 56.4 Å². The number of imidazole rings is 1. The number of nitrogens with one attached hydrogen (secondary N) is 3. The highest BCUT2D eigenvalue weighted by Gasteiger charge is 2.28. The third kappa shape index (κ3) is 11.9. The first-order valence-corrected chi connectivity index (χ1v) is 16.6. The molecule has 244 valence electrons. The highest BCUT2D eigenvalue weighted by molar-refractivity contribution is 6.28. The number of rotatable bonds is 19. The Kier molecular flexibility index (Phi) is 15.7. The van der Waals surface area contributed by atoms with E-state index in [0.29, 0.717) is 37.1 Å². The van der Waals surface area contributed by atoms with E-state index in [4.69, 9.17) is 17.3 Å².